The third-order valence-electron chi connectivity index (χ3n) is 2.91. The summed E-state index contributed by atoms with van der Waals surface area (Å²) in [5.74, 6) is 0. The standard InChI is InChI=1S/C17H30/c1-3-5-7-9-11-13-15-17-16-14-12-10-8-6-4-2/h3,7,9,11,13H,1,4-6,8,10,12,14-17H2,2H3. The van der Waals surface area contributed by atoms with E-state index in [4.69, 9.17) is 0 Å². The van der Waals surface area contributed by atoms with Gasteiger partial charge in [0.1, 0.15) is 0 Å². The molecule has 0 N–H and O–H groups in total. The fraction of sp³-hybridized carbons (Fsp3) is 0.647. The fourth-order valence-electron chi connectivity index (χ4n) is 1.82. The van der Waals surface area contributed by atoms with Crippen LogP contribution in [0.4, 0.5) is 0 Å². The van der Waals surface area contributed by atoms with Crippen LogP contribution in [-0.2, 0) is 0 Å². The average Bonchev–Trinajstić information content (AvgIpc) is 2.35. The summed E-state index contributed by atoms with van der Waals surface area (Å²) in [5.41, 5.74) is 0. The van der Waals surface area contributed by atoms with Crippen LogP contribution in [0.5, 0.6) is 0 Å². The molecule has 0 nitrogen and oxygen atoms in total. The van der Waals surface area contributed by atoms with E-state index >= 15 is 0 Å². The first-order valence-corrected chi connectivity index (χ1v) is 7.34. The van der Waals surface area contributed by atoms with Crippen LogP contribution in [0.2, 0.25) is 0 Å². The number of allylic oxidation sites excluding steroid dienone is 5. The van der Waals surface area contributed by atoms with E-state index in [-0.39, 0.29) is 0 Å². The minimum atomic E-state index is 0.974. The predicted octanol–water partition coefficient (Wildman–Crippen LogP) is 6.21. The lowest BCUT2D eigenvalue weighted by Gasteiger charge is -1.99. The Morgan fingerprint density at radius 2 is 1.35 bits per heavy atom. The highest BCUT2D eigenvalue weighted by molar-refractivity contribution is 5.03. The van der Waals surface area contributed by atoms with Crippen molar-refractivity contribution >= 4 is 0 Å². The Labute approximate surface area is 109 Å². The molecule has 98 valence electrons. The van der Waals surface area contributed by atoms with E-state index in [1.807, 2.05) is 6.08 Å². The van der Waals surface area contributed by atoms with Crippen molar-refractivity contribution in [1.82, 2.24) is 0 Å². The summed E-state index contributed by atoms with van der Waals surface area (Å²) in [4.78, 5) is 0. The second-order valence-corrected chi connectivity index (χ2v) is 4.64. The minimum Gasteiger partial charge on any atom is -0.103 e. The topological polar surface area (TPSA) is 0 Å². The van der Waals surface area contributed by atoms with Gasteiger partial charge in [-0.2, -0.15) is 0 Å². The maximum atomic E-state index is 3.68. The number of unbranched alkanes of at least 4 members (excludes halogenated alkanes) is 8. The summed E-state index contributed by atoms with van der Waals surface area (Å²) >= 11 is 0. The molecule has 17 heavy (non-hydrogen) atoms. The summed E-state index contributed by atoms with van der Waals surface area (Å²) in [5, 5.41) is 0. The zero-order valence-corrected chi connectivity index (χ0v) is 11.7. The van der Waals surface area contributed by atoms with E-state index in [1.54, 1.807) is 0 Å². The smallest absolute Gasteiger partial charge is 0.0169 e. The molecule has 0 spiro atoms. The first-order chi connectivity index (χ1) is 8.41. The van der Waals surface area contributed by atoms with Gasteiger partial charge in [-0.1, -0.05) is 82.2 Å². The summed E-state index contributed by atoms with van der Waals surface area (Å²) in [6.07, 6.45) is 24.0. The molecule has 0 bridgehead atoms. The molecule has 0 aliphatic carbocycles. The maximum Gasteiger partial charge on any atom is -0.0169 e. The van der Waals surface area contributed by atoms with Gasteiger partial charge in [-0.05, 0) is 19.3 Å². The van der Waals surface area contributed by atoms with Crippen molar-refractivity contribution < 1.29 is 0 Å². The van der Waals surface area contributed by atoms with Crippen molar-refractivity contribution in [2.24, 2.45) is 0 Å². The Hall–Kier alpha value is -0.780. The Morgan fingerprint density at radius 3 is 2.00 bits per heavy atom. The third-order valence-corrected chi connectivity index (χ3v) is 2.91. The lowest BCUT2D eigenvalue weighted by molar-refractivity contribution is 0.577. The van der Waals surface area contributed by atoms with E-state index < -0.39 is 0 Å². The fourth-order valence-corrected chi connectivity index (χ4v) is 1.82. The summed E-state index contributed by atoms with van der Waals surface area (Å²) in [7, 11) is 0. The largest absolute Gasteiger partial charge is 0.103 e. The molecule has 0 saturated heterocycles. The highest BCUT2D eigenvalue weighted by atomic mass is 14.0. The molecular formula is C17H30. The Bertz CT molecular complexity index is 198. The predicted molar refractivity (Wildman–Crippen MR) is 80.3 cm³/mol. The number of rotatable bonds is 12. The highest BCUT2D eigenvalue weighted by Gasteiger charge is 1.89. The van der Waals surface area contributed by atoms with Crippen LogP contribution < -0.4 is 0 Å². The van der Waals surface area contributed by atoms with Gasteiger partial charge in [0.05, 0.1) is 0 Å². The van der Waals surface area contributed by atoms with Crippen molar-refractivity contribution in [3.05, 3.63) is 37.0 Å². The molecule has 0 aromatic carbocycles. The SMILES string of the molecule is C=CCC=CC=CCCCCCCCCCC. The van der Waals surface area contributed by atoms with E-state index in [9.17, 15) is 0 Å². The lowest BCUT2D eigenvalue weighted by Crippen LogP contribution is -1.79. The van der Waals surface area contributed by atoms with Gasteiger partial charge >= 0.3 is 0 Å². The lowest BCUT2D eigenvalue weighted by atomic mass is 10.1. The van der Waals surface area contributed by atoms with Crippen molar-refractivity contribution in [1.29, 1.82) is 0 Å². The molecule has 0 aliphatic heterocycles. The molecule has 0 aromatic heterocycles. The third kappa shape index (κ3) is 15.2. The van der Waals surface area contributed by atoms with E-state index in [2.05, 4.69) is 37.8 Å². The molecule has 0 aliphatic rings. The number of hydrogen-bond acceptors (Lipinski definition) is 0. The monoisotopic (exact) mass is 234 g/mol. The van der Waals surface area contributed by atoms with E-state index in [0.29, 0.717) is 0 Å². The number of hydrogen-bond donors (Lipinski definition) is 0. The molecule has 0 aromatic rings. The van der Waals surface area contributed by atoms with Gasteiger partial charge in [-0.3, -0.25) is 0 Å². The molecule has 0 heteroatoms. The Morgan fingerprint density at radius 1 is 0.765 bits per heavy atom. The second kappa shape index (κ2) is 15.2. The van der Waals surface area contributed by atoms with Gasteiger partial charge in [-0.25, -0.2) is 0 Å². The Kier molecular flexibility index (Phi) is 14.5. The molecule has 0 saturated carbocycles. The van der Waals surface area contributed by atoms with Crippen LogP contribution in [0, 0.1) is 0 Å². The van der Waals surface area contributed by atoms with Crippen molar-refractivity contribution in [3.63, 3.8) is 0 Å². The molecule has 0 rings (SSSR count). The van der Waals surface area contributed by atoms with Gasteiger partial charge in [-0.15, -0.1) is 6.58 Å². The molecule has 0 heterocycles. The van der Waals surface area contributed by atoms with Crippen molar-refractivity contribution in [2.75, 3.05) is 0 Å². The summed E-state index contributed by atoms with van der Waals surface area (Å²) in [6, 6.07) is 0. The highest BCUT2D eigenvalue weighted by Crippen LogP contribution is 2.09. The first-order valence-electron chi connectivity index (χ1n) is 7.34. The van der Waals surface area contributed by atoms with Gasteiger partial charge in [0.25, 0.3) is 0 Å². The quantitative estimate of drug-likeness (QED) is 0.214. The van der Waals surface area contributed by atoms with Gasteiger partial charge < -0.3 is 0 Å². The molecule has 0 radical (unpaired) electrons. The Balaban J connectivity index is 3.10. The van der Waals surface area contributed by atoms with Crippen LogP contribution >= 0.6 is 0 Å². The molecule has 0 fully saturated rings. The first kappa shape index (κ1) is 16.2. The van der Waals surface area contributed by atoms with Gasteiger partial charge in [0, 0.05) is 0 Å². The minimum absolute atomic E-state index is 0.974. The van der Waals surface area contributed by atoms with Crippen molar-refractivity contribution in [2.45, 2.75) is 71.1 Å². The maximum absolute atomic E-state index is 3.68. The van der Waals surface area contributed by atoms with E-state index in [1.165, 1.54) is 57.8 Å². The second-order valence-electron chi connectivity index (χ2n) is 4.64. The summed E-state index contributed by atoms with van der Waals surface area (Å²) in [6.45, 7) is 5.95. The van der Waals surface area contributed by atoms with Gasteiger partial charge in [0.2, 0.25) is 0 Å². The van der Waals surface area contributed by atoms with E-state index in [0.717, 1.165) is 6.42 Å². The molecule has 0 amide bonds. The average molecular weight is 234 g/mol. The summed E-state index contributed by atoms with van der Waals surface area (Å²) < 4.78 is 0. The zero-order valence-electron chi connectivity index (χ0n) is 11.7. The van der Waals surface area contributed by atoms with Crippen LogP contribution in [-0.4, -0.2) is 0 Å². The van der Waals surface area contributed by atoms with Crippen molar-refractivity contribution in [3.8, 4) is 0 Å². The molecule has 0 atom stereocenters. The van der Waals surface area contributed by atoms with Crippen LogP contribution in [0.25, 0.3) is 0 Å². The van der Waals surface area contributed by atoms with Crippen LogP contribution in [0.3, 0.4) is 0 Å². The van der Waals surface area contributed by atoms with Crippen LogP contribution in [0.1, 0.15) is 71.1 Å². The molecular weight excluding hydrogens is 204 g/mol. The van der Waals surface area contributed by atoms with Crippen LogP contribution in [0.15, 0.2) is 37.0 Å². The van der Waals surface area contributed by atoms with Gasteiger partial charge in [0.15, 0.2) is 0 Å². The zero-order chi connectivity index (χ0) is 12.6. The molecule has 0 unspecified atom stereocenters. The normalized spacial score (nSPS) is 11.6.